The van der Waals surface area contributed by atoms with Gasteiger partial charge in [0, 0.05) is 30.6 Å². The van der Waals surface area contributed by atoms with Crippen molar-refractivity contribution in [2.75, 3.05) is 18.5 Å². The molecule has 0 fully saturated rings. The zero-order chi connectivity index (χ0) is 19.0. The predicted molar refractivity (Wildman–Crippen MR) is 102 cm³/mol. The summed E-state index contributed by atoms with van der Waals surface area (Å²) in [4.78, 5) is 12.0. The minimum Gasteiger partial charge on any atom is -0.323 e. The van der Waals surface area contributed by atoms with E-state index in [-0.39, 0.29) is 12.1 Å². The highest BCUT2D eigenvalue weighted by atomic mass is 31.2. The van der Waals surface area contributed by atoms with Gasteiger partial charge in [-0.15, -0.1) is 0 Å². The van der Waals surface area contributed by atoms with Gasteiger partial charge in [0.2, 0.25) is 5.91 Å². The largest absolute Gasteiger partial charge is 0.335 e. The number of hydrogen-bond acceptors (Lipinski definition) is 5. The monoisotopic (exact) mass is 377 g/mol. The second-order valence-corrected chi connectivity index (χ2v) is 7.63. The number of anilines is 1. The molecule has 0 aliphatic heterocycles. The Morgan fingerprint density at radius 2 is 1.88 bits per heavy atom. The highest BCUT2D eigenvalue weighted by molar-refractivity contribution is 7.53. The van der Waals surface area contributed by atoms with Gasteiger partial charge in [0.05, 0.1) is 25.6 Å². The Kier molecular flexibility index (Phi) is 7.33. The van der Waals surface area contributed by atoms with Crippen molar-refractivity contribution in [2.45, 2.75) is 20.0 Å². The Morgan fingerprint density at radius 3 is 2.42 bits per heavy atom. The van der Waals surface area contributed by atoms with E-state index in [1.165, 1.54) is 6.08 Å². The predicted octanol–water partition coefficient (Wildman–Crippen LogP) is 3.84. The van der Waals surface area contributed by atoms with E-state index in [9.17, 15) is 9.36 Å². The third kappa shape index (κ3) is 6.26. The SMILES string of the molecule is CCOP(=O)(Cc1ccc(NC(=O)C=Cc2cnn(C)c2)cc1)OCC. The lowest BCUT2D eigenvalue weighted by Crippen LogP contribution is -2.07. The van der Waals surface area contributed by atoms with Crippen LogP contribution in [0.5, 0.6) is 0 Å². The number of aromatic nitrogens is 2. The van der Waals surface area contributed by atoms with Crippen LogP contribution in [0.3, 0.4) is 0 Å². The van der Waals surface area contributed by atoms with Gasteiger partial charge in [-0.1, -0.05) is 12.1 Å². The average Bonchev–Trinajstić information content (AvgIpc) is 3.01. The molecular formula is C18H24N3O4P. The van der Waals surface area contributed by atoms with Gasteiger partial charge < -0.3 is 14.4 Å². The molecule has 0 saturated heterocycles. The third-order valence-corrected chi connectivity index (χ3v) is 5.46. The number of hydrogen-bond donors (Lipinski definition) is 1. The van der Waals surface area contributed by atoms with Gasteiger partial charge in [0.25, 0.3) is 0 Å². The number of nitrogens with zero attached hydrogens (tertiary/aromatic N) is 2. The van der Waals surface area contributed by atoms with Crippen LogP contribution >= 0.6 is 7.60 Å². The van der Waals surface area contributed by atoms with Crippen LogP contribution < -0.4 is 5.32 Å². The molecule has 1 aromatic carbocycles. The van der Waals surface area contributed by atoms with E-state index in [0.717, 1.165) is 11.1 Å². The maximum Gasteiger partial charge on any atom is 0.335 e. The summed E-state index contributed by atoms with van der Waals surface area (Å²) < 4.78 is 24.8. The lowest BCUT2D eigenvalue weighted by atomic mass is 10.2. The summed E-state index contributed by atoms with van der Waals surface area (Å²) in [7, 11) is -1.32. The van der Waals surface area contributed by atoms with Gasteiger partial charge in [0.1, 0.15) is 0 Å². The highest BCUT2D eigenvalue weighted by Crippen LogP contribution is 2.51. The first kappa shape index (κ1) is 20.1. The van der Waals surface area contributed by atoms with Crippen molar-refractivity contribution in [1.82, 2.24) is 9.78 Å². The molecule has 0 unspecified atom stereocenters. The second kappa shape index (κ2) is 9.48. The van der Waals surface area contributed by atoms with Crippen molar-refractivity contribution < 1.29 is 18.4 Å². The summed E-state index contributed by atoms with van der Waals surface area (Å²) in [6.07, 6.45) is 6.82. The first-order chi connectivity index (χ1) is 12.4. The molecule has 8 heteroatoms. The molecular weight excluding hydrogens is 353 g/mol. The normalized spacial score (nSPS) is 11.8. The zero-order valence-corrected chi connectivity index (χ0v) is 16.1. The zero-order valence-electron chi connectivity index (χ0n) is 15.2. The molecule has 1 N–H and O–H groups in total. The van der Waals surface area contributed by atoms with E-state index in [1.54, 1.807) is 55.1 Å². The molecule has 0 saturated carbocycles. The number of aryl methyl sites for hydroxylation is 1. The van der Waals surface area contributed by atoms with Crippen molar-refractivity contribution >= 4 is 25.3 Å². The summed E-state index contributed by atoms with van der Waals surface area (Å²) in [5, 5.41) is 6.81. The molecule has 1 aromatic heterocycles. The van der Waals surface area contributed by atoms with Crippen molar-refractivity contribution in [3.63, 3.8) is 0 Å². The molecule has 0 aliphatic rings. The van der Waals surface area contributed by atoms with Crippen LogP contribution in [-0.2, 0) is 31.6 Å². The topological polar surface area (TPSA) is 82.5 Å². The molecule has 140 valence electrons. The Balaban J connectivity index is 1.95. The number of carbonyl (C=O) groups is 1. The van der Waals surface area contributed by atoms with Crippen molar-refractivity contribution in [3.05, 3.63) is 53.9 Å². The first-order valence-electron chi connectivity index (χ1n) is 8.39. The smallest absolute Gasteiger partial charge is 0.323 e. The average molecular weight is 377 g/mol. The minimum atomic E-state index is -3.13. The molecule has 0 radical (unpaired) electrons. The molecule has 2 aromatic rings. The highest BCUT2D eigenvalue weighted by Gasteiger charge is 2.23. The summed E-state index contributed by atoms with van der Waals surface area (Å²) in [5.74, 6) is -0.240. The molecule has 0 spiro atoms. The molecule has 0 bridgehead atoms. The van der Waals surface area contributed by atoms with Crippen LogP contribution in [0.1, 0.15) is 25.0 Å². The van der Waals surface area contributed by atoms with Gasteiger partial charge in [0.15, 0.2) is 0 Å². The molecule has 1 heterocycles. The van der Waals surface area contributed by atoms with E-state index >= 15 is 0 Å². The van der Waals surface area contributed by atoms with Crippen molar-refractivity contribution in [3.8, 4) is 0 Å². The van der Waals surface area contributed by atoms with Crippen LogP contribution in [0.15, 0.2) is 42.7 Å². The molecule has 1 amide bonds. The summed E-state index contributed by atoms with van der Waals surface area (Å²) in [5.41, 5.74) is 2.32. The second-order valence-electron chi connectivity index (χ2n) is 5.57. The van der Waals surface area contributed by atoms with Crippen molar-refractivity contribution in [1.29, 1.82) is 0 Å². The third-order valence-electron chi connectivity index (χ3n) is 3.40. The number of amides is 1. The number of rotatable bonds is 9. The van der Waals surface area contributed by atoms with Crippen LogP contribution in [-0.4, -0.2) is 28.9 Å². The number of nitrogens with one attached hydrogen (secondary N) is 1. The lowest BCUT2D eigenvalue weighted by Gasteiger charge is -2.17. The fourth-order valence-electron chi connectivity index (χ4n) is 2.32. The first-order valence-corrected chi connectivity index (χ1v) is 10.1. The fraction of sp³-hybridized carbons (Fsp3) is 0.333. The number of benzene rings is 1. The minimum absolute atomic E-state index is 0.198. The van der Waals surface area contributed by atoms with E-state index in [2.05, 4.69) is 10.4 Å². The summed E-state index contributed by atoms with van der Waals surface area (Å²) >= 11 is 0. The number of carbonyl (C=O) groups excluding carboxylic acids is 1. The maximum absolute atomic E-state index is 12.5. The van der Waals surface area contributed by atoms with Gasteiger partial charge >= 0.3 is 7.60 Å². The van der Waals surface area contributed by atoms with Crippen LogP contribution in [0.2, 0.25) is 0 Å². The Morgan fingerprint density at radius 1 is 1.23 bits per heavy atom. The van der Waals surface area contributed by atoms with Gasteiger partial charge in [-0.05, 0) is 37.6 Å². The van der Waals surface area contributed by atoms with Crippen LogP contribution in [0.4, 0.5) is 5.69 Å². The molecule has 2 rings (SSSR count). The van der Waals surface area contributed by atoms with Crippen LogP contribution in [0, 0.1) is 0 Å². The molecule has 0 atom stereocenters. The Bertz CT molecular complexity index is 789. The summed E-state index contributed by atoms with van der Waals surface area (Å²) in [6, 6.07) is 7.11. The van der Waals surface area contributed by atoms with Crippen molar-refractivity contribution in [2.24, 2.45) is 7.05 Å². The molecule has 0 aliphatic carbocycles. The standard InChI is InChI=1S/C18H24N3O4P/c1-4-24-26(23,25-5-2)14-15-6-9-17(10-7-15)20-18(22)11-8-16-12-19-21(3)13-16/h6-13H,4-5,14H2,1-3H3,(H,20,22). The van der Waals surface area contributed by atoms with Gasteiger partial charge in [-0.3, -0.25) is 14.0 Å². The summed E-state index contributed by atoms with van der Waals surface area (Å²) in [6.45, 7) is 4.22. The quantitative estimate of drug-likeness (QED) is 0.530. The van der Waals surface area contributed by atoms with E-state index in [1.807, 2.05) is 13.2 Å². The molecule has 26 heavy (non-hydrogen) atoms. The Hall–Kier alpha value is -2.21. The van der Waals surface area contributed by atoms with E-state index in [4.69, 9.17) is 9.05 Å². The van der Waals surface area contributed by atoms with Gasteiger partial charge in [-0.25, -0.2) is 0 Å². The van der Waals surface area contributed by atoms with E-state index in [0.29, 0.717) is 18.9 Å². The fourth-order valence-corrected chi connectivity index (χ4v) is 4.02. The van der Waals surface area contributed by atoms with Gasteiger partial charge in [-0.2, -0.15) is 5.10 Å². The van der Waals surface area contributed by atoms with Crippen LogP contribution in [0.25, 0.3) is 6.08 Å². The molecule has 7 nitrogen and oxygen atoms in total. The Labute approximate surface area is 153 Å². The maximum atomic E-state index is 12.5. The van der Waals surface area contributed by atoms with E-state index < -0.39 is 7.60 Å². The lowest BCUT2D eigenvalue weighted by molar-refractivity contribution is -0.111.